The molecule has 0 aliphatic heterocycles. The Bertz CT molecular complexity index is 529. The summed E-state index contributed by atoms with van der Waals surface area (Å²) in [7, 11) is 0. The average Bonchev–Trinajstić information content (AvgIpc) is 2.44. The quantitative estimate of drug-likeness (QED) is 0.799. The molecule has 0 unspecified atom stereocenters. The molecule has 1 N–H and O–H groups in total. The lowest BCUT2D eigenvalue weighted by Gasteiger charge is -2.13. The van der Waals surface area contributed by atoms with E-state index in [-0.39, 0.29) is 59.1 Å². The number of hydrogen-bond acceptors (Lipinski definition) is 4. The summed E-state index contributed by atoms with van der Waals surface area (Å²) in [6.07, 6.45) is 0.591. The highest BCUT2D eigenvalue weighted by molar-refractivity contribution is 6.16. The van der Waals surface area contributed by atoms with Crippen LogP contribution in [0.15, 0.2) is 12.1 Å². The van der Waals surface area contributed by atoms with Crippen molar-refractivity contribution in [2.24, 2.45) is 0 Å². The summed E-state index contributed by atoms with van der Waals surface area (Å²) in [4.78, 5) is 35.8. The zero-order valence-corrected chi connectivity index (χ0v) is 11.4. The first kappa shape index (κ1) is 15.1. The zero-order valence-electron chi connectivity index (χ0n) is 11.4. The van der Waals surface area contributed by atoms with Crippen LogP contribution in [0.5, 0.6) is 5.75 Å². The third-order valence-corrected chi connectivity index (χ3v) is 3.00. The van der Waals surface area contributed by atoms with Crippen LogP contribution < -0.4 is 0 Å². The van der Waals surface area contributed by atoms with Crippen LogP contribution in [0.3, 0.4) is 0 Å². The van der Waals surface area contributed by atoms with Gasteiger partial charge in [0.1, 0.15) is 5.75 Å². The summed E-state index contributed by atoms with van der Waals surface area (Å²) in [5.74, 6) is -1.08. The Morgan fingerprint density at radius 2 is 1.32 bits per heavy atom. The number of ketones is 3. The highest BCUT2D eigenvalue weighted by Gasteiger charge is 2.24. The van der Waals surface area contributed by atoms with E-state index in [1.54, 1.807) is 20.8 Å². The van der Waals surface area contributed by atoms with Gasteiger partial charge in [0.25, 0.3) is 0 Å². The lowest BCUT2D eigenvalue weighted by Crippen LogP contribution is -2.14. The number of carbonyl (C=O) groups excluding carboxylic acids is 3. The van der Waals surface area contributed by atoms with Gasteiger partial charge in [-0.1, -0.05) is 20.8 Å². The molecule has 0 atom stereocenters. The Labute approximate surface area is 112 Å². The first-order valence-electron chi connectivity index (χ1n) is 6.43. The van der Waals surface area contributed by atoms with Crippen molar-refractivity contribution >= 4 is 17.3 Å². The van der Waals surface area contributed by atoms with Crippen LogP contribution in [0, 0.1) is 0 Å². The highest BCUT2D eigenvalue weighted by Crippen LogP contribution is 2.28. The van der Waals surface area contributed by atoms with Gasteiger partial charge in [0, 0.05) is 30.4 Å². The smallest absolute Gasteiger partial charge is 0.167 e. The molecule has 0 aliphatic rings. The predicted octanol–water partition coefficient (Wildman–Crippen LogP) is 3.17. The van der Waals surface area contributed by atoms with E-state index in [1.807, 2.05) is 0 Å². The van der Waals surface area contributed by atoms with Crippen molar-refractivity contribution in [2.75, 3.05) is 0 Å². The number of phenols is 1. The van der Waals surface area contributed by atoms with Crippen molar-refractivity contribution in [2.45, 2.75) is 40.0 Å². The molecule has 1 aromatic rings. The molecule has 0 spiro atoms. The largest absolute Gasteiger partial charge is 0.507 e. The zero-order chi connectivity index (χ0) is 14.6. The Hall–Kier alpha value is -1.97. The summed E-state index contributed by atoms with van der Waals surface area (Å²) in [5.41, 5.74) is 0.277. The summed E-state index contributed by atoms with van der Waals surface area (Å²) in [5, 5.41) is 9.83. The van der Waals surface area contributed by atoms with Gasteiger partial charge >= 0.3 is 0 Å². The van der Waals surface area contributed by atoms with E-state index in [9.17, 15) is 19.5 Å². The lowest BCUT2D eigenvalue weighted by molar-refractivity contribution is 0.0940. The molecule has 0 saturated carbocycles. The molecule has 4 nitrogen and oxygen atoms in total. The number of hydrogen-bond donors (Lipinski definition) is 1. The van der Waals surface area contributed by atoms with Crippen molar-refractivity contribution in [1.82, 2.24) is 0 Å². The van der Waals surface area contributed by atoms with Gasteiger partial charge < -0.3 is 5.11 Å². The molecule has 0 aromatic heterocycles. The molecule has 4 heteroatoms. The van der Waals surface area contributed by atoms with E-state index in [4.69, 9.17) is 0 Å². The summed E-state index contributed by atoms with van der Waals surface area (Å²) < 4.78 is 0. The summed E-state index contributed by atoms with van der Waals surface area (Å²) in [6.45, 7) is 5.00. The fraction of sp³-hybridized carbons (Fsp3) is 0.400. The minimum absolute atomic E-state index is 0.0198. The van der Waals surface area contributed by atoms with Crippen LogP contribution in [0.2, 0.25) is 0 Å². The van der Waals surface area contributed by atoms with Crippen molar-refractivity contribution in [1.29, 1.82) is 0 Å². The van der Waals surface area contributed by atoms with Crippen LogP contribution >= 0.6 is 0 Å². The lowest BCUT2D eigenvalue weighted by atomic mass is 9.90. The summed E-state index contributed by atoms with van der Waals surface area (Å²) >= 11 is 0. The number of carbonyl (C=O) groups is 3. The topological polar surface area (TPSA) is 71.4 Å². The van der Waals surface area contributed by atoms with Crippen LogP contribution in [0.4, 0.5) is 0 Å². The van der Waals surface area contributed by atoms with E-state index < -0.39 is 0 Å². The number of Topliss-reactive ketones (excluding diaryl/α,β-unsaturated/α-hetero) is 3. The third kappa shape index (κ3) is 2.89. The van der Waals surface area contributed by atoms with E-state index in [1.165, 1.54) is 12.1 Å². The second kappa shape index (κ2) is 6.27. The molecule has 0 saturated heterocycles. The van der Waals surface area contributed by atoms with Gasteiger partial charge in [-0.15, -0.1) is 0 Å². The molecule has 0 amide bonds. The molecular weight excluding hydrogens is 244 g/mol. The molecule has 0 bridgehead atoms. The maximum Gasteiger partial charge on any atom is 0.167 e. The van der Waals surface area contributed by atoms with Crippen LogP contribution in [0.25, 0.3) is 0 Å². The standard InChI is InChI=1S/C15H18O4/c1-4-10(16)9-7-8-13(19)15(12(18)6-3)14(9)11(17)5-2/h7-8,19H,4-6H2,1-3H3. The summed E-state index contributed by atoms with van der Waals surface area (Å²) in [6, 6.07) is 2.72. The van der Waals surface area contributed by atoms with Crippen LogP contribution in [-0.2, 0) is 0 Å². The Morgan fingerprint density at radius 3 is 1.79 bits per heavy atom. The number of phenolic OH excluding ortho intramolecular Hbond substituents is 1. The Kier molecular flexibility index (Phi) is 4.98. The van der Waals surface area contributed by atoms with Crippen molar-refractivity contribution in [3.8, 4) is 5.75 Å². The predicted molar refractivity (Wildman–Crippen MR) is 72.0 cm³/mol. The number of rotatable bonds is 6. The fourth-order valence-electron chi connectivity index (χ4n) is 1.94. The van der Waals surface area contributed by atoms with E-state index >= 15 is 0 Å². The number of benzene rings is 1. The SMILES string of the molecule is CCC(=O)c1ccc(O)c(C(=O)CC)c1C(=O)CC. The molecule has 102 valence electrons. The molecule has 0 aliphatic carbocycles. The molecule has 0 heterocycles. The molecule has 19 heavy (non-hydrogen) atoms. The second-order valence-corrected chi connectivity index (χ2v) is 4.21. The maximum atomic E-state index is 12.0. The van der Waals surface area contributed by atoms with Gasteiger partial charge in [-0.3, -0.25) is 14.4 Å². The first-order chi connectivity index (χ1) is 8.97. The van der Waals surface area contributed by atoms with E-state index in [0.29, 0.717) is 0 Å². The monoisotopic (exact) mass is 262 g/mol. The van der Waals surface area contributed by atoms with Gasteiger partial charge in [-0.05, 0) is 12.1 Å². The molecule has 1 rings (SSSR count). The molecule has 1 aromatic carbocycles. The van der Waals surface area contributed by atoms with Crippen molar-refractivity contribution < 1.29 is 19.5 Å². The minimum atomic E-state index is -0.333. The van der Waals surface area contributed by atoms with Gasteiger partial charge in [0.05, 0.1) is 5.56 Å². The van der Waals surface area contributed by atoms with E-state index in [0.717, 1.165) is 0 Å². The van der Waals surface area contributed by atoms with Gasteiger partial charge in [-0.2, -0.15) is 0 Å². The Morgan fingerprint density at radius 1 is 0.842 bits per heavy atom. The van der Waals surface area contributed by atoms with Crippen molar-refractivity contribution in [3.05, 3.63) is 28.8 Å². The van der Waals surface area contributed by atoms with Crippen LogP contribution in [-0.4, -0.2) is 22.5 Å². The average molecular weight is 262 g/mol. The molecule has 0 radical (unpaired) electrons. The maximum absolute atomic E-state index is 12.0. The normalized spacial score (nSPS) is 10.3. The van der Waals surface area contributed by atoms with Crippen molar-refractivity contribution in [3.63, 3.8) is 0 Å². The first-order valence-corrected chi connectivity index (χ1v) is 6.43. The minimum Gasteiger partial charge on any atom is -0.507 e. The third-order valence-electron chi connectivity index (χ3n) is 3.00. The second-order valence-electron chi connectivity index (χ2n) is 4.21. The number of aromatic hydroxyl groups is 1. The molecule has 0 fully saturated rings. The Balaban J connectivity index is 3.64. The fourth-order valence-corrected chi connectivity index (χ4v) is 1.94. The highest BCUT2D eigenvalue weighted by atomic mass is 16.3. The van der Waals surface area contributed by atoms with Crippen LogP contribution in [0.1, 0.15) is 71.1 Å². The van der Waals surface area contributed by atoms with Gasteiger partial charge in [0.2, 0.25) is 0 Å². The van der Waals surface area contributed by atoms with Gasteiger partial charge in [-0.25, -0.2) is 0 Å². The molecular formula is C15H18O4. The van der Waals surface area contributed by atoms with Gasteiger partial charge in [0.15, 0.2) is 17.3 Å². The van der Waals surface area contributed by atoms with E-state index in [2.05, 4.69) is 0 Å².